The largest absolute Gasteiger partial charge is 0.362 e. The van der Waals surface area contributed by atoms with Gasteiger partial charge in [0.05, 0.1) is 17.6 Å². The van der Waals surface area contributed by atoms with E-state index in [2.05, 4.69) is 45.1 Å². The molecule has 6 heteroatoms. The zero-order valence-electron chi connectivity index (χ0n) is 19.0. The number of hydrogen-bond acceptors (Lipinski definition) is 3. The fraction of sp³-hybridized carbons (Fsp3) is 0.143. The quantitative estimate of drug-likeness (QED) is 0.401. The van der Waals surface area contributed by atoms with Gasteiger partial charge in [0.2, 0.25) is 0 Å². The summed E-state index contributed by atoms with van der Waals surface area (Å²) in [5.41, 5.74) is 6.92. The molecule has 0 saturated heterocycles. The molecule has 0 spiro atoms. The van der Waals surface area contributed by atoms with Crippen molar-refractivity contribution < 1.29 is 4.79 Å². The molecule has 0 saturated carbocycles. The van der Waals surface area contributed by atoms with Crippen LogP contribution in [0, 0.1) is 6.92 Å². The van der Waals surface area contributed by atoms with Crippen LogP contribution in [0.1, 0.15) is 21.7 Å². The highest BCUT2D eigenvalue weighted by Crippen LogP contribution is 2.28. The number of hydrogen-bond donors (Lipinski definition) is 1. The van der Waals surface area contributed by atoms with Gasteiger partial charge in [0.25, 0.3) is 5.91 Å². The first kappa shape index (κ1) is 20.3. The first-order chi connectivity index (χ1) is 16.7. The zero-order valence-corrected chi connectivity index (χ0v) is 19.0. The third-order valence-electron chi connectivity index (χ3n) is 6.51. The van der Waals surface area contributed by atoms with Crippen molar-refractivity contribution in [2.24, 2.45) is 0 Å². The van der Waals surface area contributed by atoms with Crippen LogP contribution in [0.5, 0.6) is 0 Å². The molecular formula is C28H25N5O. The van der Waals surface area contributed by atoms with Gasteiger partial charge in [0, 0.05) is 48.1 Å². The molecule has 0 fully saturated rings. The number of para-hydroxylation sites is 2. The van der Waals surface area contributed by atoms with E-state index in [9.17, 15) is 4.79 Å². The predicted molar refractivity (Wildman–Crippen MR) is 136 cm³/mol. The topological polar surface area (TPSA) is 55.1 Å². The number of benzene rings is 3. The van der Waals surface area contributed by atoms with Crippen LogP contribution in [0.25, 0.3) is 16.7 Å². The maximum Gasteiger partial charge on any atom is 0.255 e. The van der Waals surface area contributed by atoms with Crippen LogP contribution in [0.2, 0.25) is 0 Å². The average molecular weight is 448 g/mol. The molecule has 1 aliphatic heterocycles. The maximum atomic E-state index is 12.8. The third kappa shape index (κ3) is 3.63. The Morgan fingerprint density at radius 1 is 0.882 bits per heavy atom. The Kier molecular flexibility index (Phi) is 4.91. The van der Waals surface area contributed by atoms with E-state index in [0.717, 1.165) is 53.6 Å². The Morgan fingerprint density at radius 3 is 2.44 bits per heavy atom. The second kappa shape index (κ2) is 8.23. The van der Waals surface area contributed by atoms with E-state index in [1.807, 2.05) is 72.4 Å². The summed E-state index contributed by atoms with van der Waals surface area (Å²) in [6, 6.07) is 26.1. The Morgan fingerprint density at radius 2 is 1.65 bits per heavy atom. The number of carbonyl (C=O) groups is 1. The standard InChI is InChI=1S/C28H25N5O/c1-20-18-23(32-16-17-33-26-7-3-2-6-25(26)29-27(33)19-32)12-13-24(20)30-28(34)21-8-10-22(11-9-21)31-14-4-5-15-31/h2-15,18H,16-17,19H2,1H3,(H,30,34). The number of imidazole rings is 1. The lowest BCUT2D eigenvalue weighted by Crippen LogP contribution is -2.33. The zero-order chi connectivity index (χ0) is 23.1. The van der Waals surface area contributed by atoms with E-state index in [1.54, 1.807) is 0 Å². The summed E-state index contributed by atoms with van der Waals surface area (Å²) in [6.07, 6.45) is 3.97. The molecule has 1 amide bonds. The first-order valence-electron chi connectivity index (χ1n) is 11.5. The molecule has 0 unspecified atom stereocenters. The highest BCUT2D eigenvalue weighted by atomic mass is 16.1. The van der Waals surface area contributed by atoms with Gasteiger partial charge in [-0.1, -0.05) is 12.1 Å². The van der Waals surface area contributed by atoms with Crippen molar-refractivity contribution in [2.75, 3.05) is 16.8 Å². The van der Waals surface area contributed by atoms with Crippen LogP contribution >= 0.6 is 0 Å². The van der Waals surface area contributed by atoms with Crippen molar-refractivity contribution in [1.29, 1.82) is 0 Å². The highest BCUT2D eigenvalue weighted by Gasteiger charge is 2.20. The number of aryl methyl sites for hydroxylation is 1. The van der Waals surface area contributed by atoms with Gasteiger partial charge >= 0.3 is 0 Å². The summed E-state index contributed by atoms with van der Waals surface area (Å²) in [6.45, 7) is 4.64. The van der Waals surface area contributed by atoms with E-state index in [4.69, 9.17) is 4.98 Å². The van der Waals surface area contributed by atoms with Crippen molar-refractivity contribution in [3.8, 4) is 5.69 Å². The van der Waals surface area contributed by atoms with Crippen molar-refractivity contribution in [3.05, 3.63) is 108 Å². The number of nitrogens with one attached hydrogen (secondary N) is 1. The average Bonchev–Trinajstić information content (AvgIpc) is 3.53. The van der Waals surface area contributed by atoms with Gasteiger partial charge in [-0.15, -0.1) is 0 Å². The number of carbonyl (C=O) groups excluding carboxylic acids is 1. The molecule has 0 atom stereocenters. The lowest BCUT2D eigenvalue weighted by Gasteiger charge is -2.30. The Balaban J connectivity index is 1.17. The molecule has 2 aromatic heterocycles. The number of amides is 1. The Labute approximate surface area is 198 Å². The predicted octanol–water partition coefficient (Wildman–Crippen LogP) is 5.41. The lowest BCUT2D eigenvalue weighted by atomic mass is 10.1. The Hall–Kier alpha value is -4.32. The van der Waals surface area contributed by atoms with Crippen LogP contribution < -0.4 is 10.2 Å². The number of anilines is 2. The van der Waals surface area contributed by atoms with Crippen LogP contribution in [0.4, 0.5) is 11.4 Å². The minimum Gasteiger partial charge on any atom is -0.362 e. The molecule has 168 valence electrons. The fourth-order valence-electron chi connectivity index (χ4n) is 4.66. The molecule has 3 heterocycles. The fourth-order valence-corrected chi connectivity index (χ4v) is 4.66. The number of rotatable bonds is 4. The Bertz CT molecular complexity index is 1480. The minimum atomic E-state index is -0.110. The second-order valence-electron chi connectivity index (χ2n) is 8.68. The van der Waals surface area contributed by atoms with E-state index in [0.29, 0.717) is 5.56 Å². The summed E-state index contributed by atoms with van der Waals surface area (Å²) in [4.78, 5) is 20.0. The van der Waals surface area contributed by atoms with Crippen LogP contribution in [-0.2, 0) is 13.1 Å². The molecule has 0 bridgehead atoms. The second-order valence-corrected chi connectivity index (χ2v) is 8.68. The summed E-state index contributed by atoms with van der Waals surface area (Å²) >= 11 is 0. The minimum absolute atomic E-state index is 0.110. The van der Waals surface area contributed by atoms with Gasteiger partial charge in [0.1, 0.15) is 5.82 Å². The molecule has 34 heavy (non-hydrogen) atoms. The smallest absolute Gasteiger partial charge is 0.255 e. The molecule has 6 nitrogen and oxygen atoms in total. The first-order valence-corrected chi connectivity index (χ1v) is 11.5. The monoisotopic (exact) mass is 447 g/mol. The summed E-state index contributed by atoms with van der Waals surface area (Å²) < 4.78 is 4.33. The normalized spacial score (nSPS) is 13.1. The molecule has 6 rings (SSSR count). The number of aromatic nitrogens is 3. The summed E-state index contributed by atoms with van der Waals surface area (Å²) in [5, 5.41) is 3.06. The van der Waals surface area contributed by atoms with Gasteiger partial charge in [0.15, 0.2) is 0 Å². The molecule has 5 aromatic rings. The van der Waals surface area contributed by atoms with Gasteiger partial charge in [-0.3, -0.25) is 4.79 Å². The molecule has 1 N–H and O–H groups in total. The van der Waals surface area contributed by atoms with E-state index >= 15 is 0 Å². The number of fused-ring (bicyclic) bond motifs is 3. The van der Waals surface area contributed by atoms with Crippen molar-refractivity contribution in [3.63, 3.8) is 0 Å². The van der Waals surface area contributed by atoms with E-state index in [1.165, 1.54) is 5.52 Å². The van der Waals surface area contributed by atoms with Gasteiger partial charge in [-0.05, 0) is 79.2 Å². The van der Waals surface area contributed by atoms with Gasteiger partial charge in [-0.25, -0.2) is 4.98 Å². The van der Waals surface area contributed by atoms with Gasteiger partial charge in [-0.2, -0.15) is 0 Å². The van der Waals surface area contributed by atoms with Crippen LogP contribution in [0.15, 0.2) is 91.3 Å². The van der Waals surface area contributed by atoms with Crippen LogP contribution in [-0.4, -0.2) is 26.6 Å². The van der Waals surface area contributed by atoms with Crippen molar-refractivity contribution >= 4 is 28.3 Å². The molecule has 1 aliphatic rings. The van der Waals surface area contributed by atoms with Gasteiger partial charge < -0.3 is 19.4 Å². The third-order valence-corrected chi connectivity index (χ3v) is 6.51. The molecule has 0 radical (unpaired) electrons. The molecular weight excluding hydrogens is 422 g/mol. The number of nitrogens with zero attached hydrogens (tertiary/aromatic N) is 4. The molecule has 3 aromatic carbocycles. The SMILES string of the molecule is Cc1cc(N2CCn3c(nc4ccccc43)C2)ccc1NC(=O)c1ccc(-n2cccc2)cc1. The van der Waals surface area contributed by atoms with Crippen LogP contribution in [0.3, 0.4) is 0 Å². The van der Waals surface area contributed by atoms with E-state index < -0.39 is 0 Å². The van der Waals surface area contributed by atoms with Crippen molar-refractivity contribution in [1.82, 2.24) is 14.1 Å². The van der Waals surface area contributed by atoms with Crippen molar-refractivity contribution in [2.45, 2.75) is 20.0 Å². The maximum absolute atomic E-state index is 12.8. The summed E-state index contributed by atoms with van der Waals surface area (Å²) in [5.74, 6) is 0.979. The van der Waals surface area contributed by atoms with E-state index in [-0.39, 0.29) is 5.91 Å². The highest BCUT2D eigenvalue weighted by molar-refractivity contribution is 6.04. The summed E-state index contributed by atoms with van der Waals surface area (Å²) in [7, 11) is 0. The lowest BCUT2D eigenvalue weighted by molar-refractivity contribution is 0.102. The molecule has 0 aliphatic carbocycles.